The van der Waals surface area contributed by atoms with Gasteiger partial charge < -0.3 is 43.5 Å². The second kappa shape index (κ2) is 14.8. The van der Waals surface area contributed by atoms with Crippen molar-refractivity contribution in [2.75, 3.05) is 19.8 Å². The van der Waals surface area contributed by atoms with Gasteiger partial charge >= 0.3 is 23.9 Å². The zero-order valence-electron chi connectivity index (χ0n) is 27.2. The average molecular weight is 683 g/mol. The molecule has 0 aromatic heterocycles. The van der Waals surface area contributed by atoms with E-state index >= 15 is 0 Å². The largest absolute Gasteiger partial charge is 0.463 e. The minimum absolute atomic E-state index is 0.133. The van der Waals surface area contributed by atoms with Crippen LogP contribution in [-0.2, 0) is 62.0 Å². The number of likely N-dealkylation sites (tertiary alicyclic amines) is 1. The van der Waals surface area contributed by atoms with Crippen LogP contribution in [0.1, 0.15) is 59.8 Å². The zero-order valence-corrected chi connectivity index (χ0v) is 27.2. The normalized spacial score (nSPS) is 38.5. The quantitative estimate of drug-likeness (QED) is 0.134. The van der Waals surface area contributed by atoms with Gasteiger partial charge in [0, 0.05) is 52.6 Å². The third kappa shape index (κ3) is 7.48. The van der Waals surface area contributed by atoms with Crippen LogP contribution in [0.2, 0.25) is 0 Å². The highest BCUT2D eigenvalue weighted by Gasteiger charge is 2.60. The zero-order chi connectivity index (χ0) is 34.9. The Labute approximate surface area is 276 Å². The van der Waals surface area contributed by atoms with Crippen LogP contribution >= 0.6 is 0 Å². The molecule has 2 N–H and O–H groups in total. The van der Waals surface area contributed by atoms with Crippen LogP contribution in [0.15, 0.2) is 5.16 Å². The summed E-state index contributed by atoms with van der Waals surface area (Å²) in [7, 11) is 0. The molecule has 2 aliphatic carbocycles. The van der Waals surface area contributed by atoms with Gasteiger partial charge in [0.1, 0.15) is 12.7 Å². The molecule has 2 amide bonds. The number of carbonyl (C=O) groups excluding carboxylic acids is 6. The molecule has 3 aliphatic heterocycles. The lowest BCUT2D eigenvalue weighted by Gasteiger charge is -2.46. The molecule has 12 atom stereocenters. The number of esters is 4. The van der Waals surface area contributed by atoms with Crippen LogP contribution in [0.3, 0.4) is 0 Å². The number of imide groups is 1. The van der Waals surface area contributed by atoms with Gasteiger partial charge in [-0.15, -0.1) is 0 Å². The Bertz CT molecular complexity index is 1310. The number of amides is 2. The lowest BCUT2D eigenvalue weighted by molar-refractivity contribution is -0.308. The van der Waals surface area contributed by atoms with E-state index in [4.69, 9.17) is 33.3 Å². The molecule has 0 spiro atoms. The van der Waals surface area contributed by atoms with Gasteiger partial charge in [-0.05, 0) is 25.7 Å². The molecule has 5 fully saturated rings. The summed E-state index contributed by atoms with van der Waals surface area (Å²) < 4.78 is 32.9. The summed E-state index contributed by atoms with van der Waals surface area (Å²) in [6.07, 6.45) is -8.09. The number of hydrogen-bond donors (Lipinski definition) is 2. The third-order valence-corrected chi connectivity index (χ3v) is 9.50. The fourth-order valence-electron chi connectivity index (χ4n) is 7.60. The van der Waals surface area contributed by atoms with Crippen LogP contribution in [0.4, 0.5) is 0 Å². The van der Waals surface area contributed by atoms with Crippen molar-refractivity contribution in [3.8, 4) is 0 Å². The summed E-state index contributed by atoms with van der Waals surface area (Å²) in [5.74, 6) is -6.85. The maximum atomic E-state index is 13.7. The van der Waals surface area contributed by atoms with Crippen LogP contribution in [0.25, 0.3) is 0 Å². The molecule has 5 rings (SSSR count). The number of hydrogen-bond acceptors (Lipinski definition) is 16. The van der Waals surface area contributed by atoms with Crippen molar-refractivity contribution in [3.05, 3.63) is 0 Å². The van der Waals surface area contributed by atoms with E-state index in [1.807, 2.05) is 0 Å². The number of rotatable bonds is 9. The highest BCUT2D eigenvalue weighted by atomic mass is 16.8. The molecule has 266 valence electrons. The Balaban J connectivity index is 1.42. The number of fused-ring (bicyclic) bond motifs is 3. The Morgan fingerprint density at radius 3 is 2.12 bits per heavy atom. The summed E-state index contributed by atoms with van der Waals surface area (Å²) in [6, 6.07) is 0. The molecule has 0 aromatic carbocycles. The van der Waals surface area contributed by atoms with E-state index in [0.29, 0.717) is 19.4 Å². The van der Waals surface area contributed by atoms with E-state index in [1.54, 1.807) is 0 Å². The first-order valence-corrected chi connectivity index (χ1v) is 16.1. The molecule has 0 radical (unpaired) electrons. The summed E-state index contributed by atoms with van der Waals surface area (Å²) in [4.78, 5) is 82.0. The minimum Gasteiger partial charge on any atom is -0.463 e. The molecule has 0 bridgehead atoms. The number of carbonyl (C=O) groups is 6. The van der Waals surface area contributed by atoms with Crippen molar-refractivity contribution in [1.29, 1.82) is 0 Å². The number of nitrogens with zero attached hydrogens (tertiary/aromatic N) is 2. The summed E-state index contributed by atoms with van der Waals surface area (Å²) in [5.41, 5.74) is 0.266. The molecular formula is C31H42N2O15. The fourth-order valence-corrected chi connectivity index (χ4v) is 7.60. The molecule has 17 nitrogen and oxygen atoms in total. The molecule has 3 saturated heterocycles. The van der Waals surface area contributed by atoms with Gasteiger partial charge in [0.25, 0.3) is 6.29 Å². The molecule has 17 heteroatoms. The monoisotopic (exact) mass is 682 g/mol. The predicted octanol–water partition coefficient (Wildman–Crippen LogP) is -0.626. The number of aliphatic hydroxyl groups excluding tert-OH is 2. The molecule has 5 aliphatic rings. The number of ether oxygens (including phenoxy) is 6. The topological polar surface area (TPSA) is 223 Å². The third-order valence-electron chi connectivity index (χ3n) is 9.50. The Morgan fingerprint density at radius 1 is 0.854 bits per heavy atom. The van der Waals surface area contributed by atoms with E-state index in [9.17, 15) is 39.0 Å². The summed E-state index contributed by atoms with van der Waals surface area (Å²) in [6.45, 7) is 4.64. The van der Waals surface area contributed by atoms with Gasteiger partial charge in [-0.25, -0.2) is 0 Å². The van der Waals surface area contributed by atoms with Crippen LogP contribution in [0, 0.1) is 23.7 Å². The fraction of sp³-hybridized carbons (Fsp3) is 0.774. The second-order valence-electron chi connectivity index (χ2n) is 12.8. The maximum absolute atomic E-state index is 13.7. The van der Waals surface area contributed by atoms with Crippen molar-refractivity contribution in [1.82, 2.24) is 4.90 Å². The van der Waals surface area contributed by atoms with Crippen molar-refractivity contribution < 1.29 is 72.2 Å². The first-order valence-electron chi connectivity index (χ1n) is 16.1. The Morgan fingerprint density at radius 2 is 1.50 bits per heavy atom. The molecule has 48 heavy (non-hydrogen) atoms. The molecule has 2 unspecified atom stereocenters. The molecule has 0 aromatic rings. The lowest BCUT2D eigenvalue weighted by atomic mass is 9.60. The predicted molar refractivity (Wildman–Crippen MR) is 156 cm³/mol. The smallest absolute Gasteiger partial charge is 0.303 e. The highest BCUT2D eigenvalue weighted by Crippen LogP contribution is 2.50. The second-order valence-corrected chi connectivity index (χ2v) is 12.8. The Kier molecular flexibility index (Phi) is 11.0. The van der Waals surface area contributed by atoms with Crippen LogP contribution in [0.5, 0.6) is 0 Å². The van der Waals surface area contributed by atoms with Crippen molar-refractivity contribution in [3.63, 3.8) is 0 Å². The van der Waals surface area contributed by atoms with Gasteiger partial charge in [-0.2, -0.15) is 0 Å². The van der Waals surface area contributed by atoms with Gasteiger partial charge in [-0.1, -0.05) is 5.16 Å². The van der Waals surface area contributed by atoms with Crippen LogP contribution < -0.4 is 0 Å². The molecule has 3 heterocycles. The first-order chi connectivity index (χ1) is 22.8. The van der Waals surface area contributed by atoms with Crippen LogP contribution in [-0.4, -0.2) is 125 Å². The summed E-state index contributed by atoms with van der Waals surface area (Å²) >= 11 is 0. The van der Waals surface area contributed by atoms with Crippen molar-refractivity contribution >= 4 is 41.4 Å². The van der Waals surface area contributed by atoms with E-state index in [1.165, 1.54) is 4.90 Å². The van der Waals surface area contributed by atoms with E-state index in [2.05, 4.69) is 5.16 Å². The standard InChI is InChI=1S/C31H42N2O15/c1-13(34)43-12-22-26(44-14(2)35)27(45-15(3)36)28(46-16(4)37)31(47-22)48-32-20-10-21(38)25(39)23-18(20)7-8-19-24(23)30(41)33(29(19)40)11-17-6-5-9-42-17/h17-19,21-28,31,38-39H,5-12H2,1-4H3/b32-20+/t17-,18-,19+,21+,22+,23-,24+,25+,26?,27-,28?,31-/m0/s1. The van der Waals surface area contributed by atoms with Gasteiger partial charge in [0.15, 0.2) is 12.2 Å². The van der Waals surface area contributed by atoms with E-state index in [0.717, 1.165) is 40.5 Å². The number of oxime groups is 1. The van der Waals surface area contributed by atoms with E-state index < -0.39 is 103 Å². The van der Waals surface area contributed by atoms with Crippen molar-refractivity contribution in [2.45, 2.75) is 109 Å². The van der Waals surface area contributed by atoms with E-state index in [-0.39, 0.29) is 30.7 Å². The minimum atomic E-state index is -1.60. The summed E-state index contributed by atoms with van der Waals surface area (Å²) in [5, 5.41) is 26.3. The van der Waals surface area contributed by atoms with Gasteiger partial charge in [-0.3, -0.25) is 33.7 Å². The first kappa shape index (κ1) is 35.6. The molecule has 2 saturated carbocycles. The van der Waals surface area contributed by atoms with Gasteiger partial charge in [0.2, 0.25) is 17.9 Å². The number of aliphatic hydroxyl groups is 2. The van der Waals surface area contributed by atoms with Crippen molar-refractivity contribution in [2.24, 2.45) is 28.8 Å². The Hall–Kier alpha value is -3.67. The SMILES string of the molecule is CC(=O)OC[C@H]1O[C@@H](O/N=C2\C[C@@H](O)[C@@H](O)[C@@H]3[C@@H]4C(=O)N(C[C@@H]5CCCO5)C(=O)[C@@H]4CC[C@@H]23)C(OC(C)=O)[C@@H](OC(C)=O)C1OC(C)=O. The average Bonchev–Trinajstić information content (AvgIpc) is 3.61. The lowest BCUT2D eigenvalue weighted by Crippen LogP contribution is -2.62. The highest BCUT2D eigenvalue weighted by molar-refractivity contribution is 6.06. The molecular weight excluding hydrogens is 640 g/mol. The van der Waals surface area contributed by atoms with Gasteiger partial charge in [0.05, 0.1) is 42.4 Å². The maximum Gasteiger partial charge on any atom is 0.303 e.